The number of rotatable bonds is 3. The van der Waals surface area contributed by atoms with E-state index in [0.29, 0.717) is 23.6 Å². The highest BCUT2D eigenvalue weighted by Crippen LogP contribution is 2.17. The van der Waals surface area contributed by atoms with Gasteiger partial charge in [-0.2, -0.15) is 5.26 Å². The molecule has 0 saturated heterocycles. The Labute approximate surface area is 92.4 Å². The van der Waals surface area contributed by atoms with Crippen molar-refractivity contribution in [1.82, 2.24) is 9.97 Å². The minimum atomic E-state index is -0.00714. The zero-order valence-corrected chi connectivity index (χ0v) is 8.51. The lowest BCUT2D eigenvalue weighted by atomic mass is 10.2. The number of aliphatic hydroxyl groups excluding tert-OH is 1. The summed E-state index contributed by atoms with van der Waals surface area (Å²) in [4.78, 5) is 8.33. The topological polar surface area (TPSA) is 81.8 Å². The number of pyridine rings is 2. The lowest BCUT2D eigenvalue weighted by Crippen LogP contribution is -2.08. The minimum Gasteiger partial charge on any atom is -0.395 e. The molecule has 0 saturated carbocycles. The molecule has 0 aromatic carbocycles. The summed E-state index contributed by atoms with van der Waals surface area (Å²) in [5.41, 5.74) is 1.04. The minimum absolute atomic E-state index is 0.00714. The molecule has 2 N–H and O–H groups in total. The van der Waals surface area contributed by atoms with Gasteiger partial charge in [0.15, 0.2) is 5.65 Å². The van der Waals surface area contributed by atoms with Crippen molar-refractivity contribution in [3.05, 3.63) is 30.0 Å². The Morgan fingerprint density at radius 3 is 3.12 bits per heavy atom. The van der Waals surface area contributed by atoms with Crippen LogP contribution in [0.2, 0.25) is 0 Å². The van der Waals surface area contributed by atoms with E-state index in [1.807, 2.05) is 6.07 Å². The molecule has 2 aromatic heterocycles. The highest BCUT2D eigenvalue weighted by Gasteiger charge is 2.05. The van der Waals surface area contributed by atoms with Crippen LogP contribution < -0.4 is 5.32 Å². The summed E-state index contributed by atoms with van der Waals surface area (Å²) in [6.45, 7) is 0.354. The highest BCUT2D eigenvalue weighted by atomic mass is 16.3. The van der Waals surface area contributed by atoms with E-state index in [2.05, 4.69) is 21.4 Å². The summed E-state index contributed by atoms with van der Waals surface area (Å²) in [7, 11) is 0. The van der Waals surface area contributed by atoms with Crippen LogP contribution in [0.4, 0.5) is 5.82 Å². The molecule has 0 atom stereocenters. The van der Waals surface area contributed by atoms with E-state index < -0.39 is 0 Å². The van der Waals surface area contributed by atoms with E-state index in [-0.39, 0.29) is 6.61 Å². The van der Waals surface area contributed by atoms with Crippen LogP contribution in [0.3, 0.4) is 0 Å². The molecule has 0 unspecified atom stereocenters. The molecule has 0 amide bonds. The molecule has 2 rings (SSSR count). The fraction of sp³-hybridized carbons (Fsp3) is 0.182. The number of hydrogen-bond donors (Lipinski definition) is 2. The van der Waals surface area contributed by atoms with Crippen molar-refractivity contribution < 1.29 is 5.11 Å². The Balaban J connectivity index is 2.50. The predicted octanol–water partition coefficient (Wildman–Crippen LogP) is 0.906. The number of nitriles is 1. The highest BCUT2D eigenvalue weighted by molar-refractivity contribution is 5.79. The third-order valence-electron chi connectivity index (χ3n) is 2.11. The van der Waals surface area contributed by atoms with Gasteiger partial charge in [0, 0.05) is 18.1 Å². The van der Waals surface area contributed by atoms with Gasteiger partial charge in [-0.3, -0.25) is 0 Å². The first-order valence-electron chi connectivity index (χ1n) is 4.86. The van der Waals surface area contributed by atoms with Gasteiger partial charge in [-0.25, -0.2) is 9.97 Å². The molecule has 0 bridgehead atoms. The average molecular weight is 214 g/mol. The molecule has 0 radical (unpaired) electrons. The molecule has 2 aromatic rings. The van der Waals surface area contributed by atoms with Crippen LogP contribution in [0.15, 0.2) is 24.4 Å². The maximum absolute atomic E-state index is 8.96. The lowest BCUT2D eigenvalue weighted by Gasteiger charge is -2.06. The zero-order chi connectivity index (χ0) is 11.4. The molecule has 5 nitrogen and oxygen atoms in total. The van der Waals surface area contributed by atoms with Crippen molar-refractivity contribution in [3.8, 4) is 6.07 Å². The van der Waals surface area contributed by atoms with E-state index in [0.717, 1.165) is 5.39 Å². The van der Waals surface area contributed by atoms with Gasteiger partial charge >= 0.3 is 0 Å². The summed E-state index contributed by atoms with van der Waals surface area (Å²) < 4.78 is 0. The molecule has 0 aliphatic heterocycles. The number of fused-ring (bicyclic) bond motifs is 1. The molecular formula is C11H10N4O. The SMILES string of the molecule is N#Cc1cc2cccnc2nc1NCCO. The maximum atomic E-state index is 8.96. The molecular weight excluding hydrogens is 204 g/mol. The fourth-order valence-electron chi connectivity index (χ4n) is 1.40. The molecule has 80 valence electrons. The number of nitrogens with one attached hydrogen (secondary N) is 1. The van der Waals surface area contributed by atoms with Crippen molar-refractivity contribution in [2.45, 2.75) is 0 Å². The van der Waals surface area contributed by atoms with Gasteiger partial charge < -0.3 is 10.4 Å². The van der Waals surface area contributed by atoms with Crippen molar-refractivity contribution in [2.24, 2.45) is 0 Å². The number of hydrogen-bond acceptors (Lipinski definition) is 5. The van der Waals surface area contributed by atoms with Crippen LogP contribution in [0, 0.1) is 11.3 Å². The predicted molar refractivity (Wildman–Crippen MR) is 59.8 cm³/mol. The molecule has 0 aliphatic rings. The van der Waals surface area contributed by atoms with Gasteiger partial charge in [-0.15, -0.1) is 0 Å². The van der Waals surface area contributed by atoms with Crippen molar-refractivity contribution in [2.75, 3.05) is 18.5 Å². The number of aliphatic hydroxyl groups is 1. The molecule has 0 spiro atoms. The number of nitrogens with zero attached hydrogens (tertiary/aromatic N) is 3. The smallest absolute Gasteiger partial charge is 0.161 e. The standard InChI is InChI=1S/C11H10N4O/c12-7-9-6-8-2-1-3-13-10(8)15-11(9)14-4-5-16/h1-3,6,16H,4-5H2,(H,13,14,15). The third-order valence-corrected chi connectivity index (χ3v) is 2.11. The molecule has 5 heteroatoms. The second-order valence-corrected chi connectivity index (χ2v) is 3.20. The first-order chi connectivity index (χ1) is 7.85. The maximum Gasteiger partial charge on any atom is 0.161 e. The summed E-state index contributed by atoms with van der Waals surface area (Å²) in [6, 6.07) is 7.44. The van der Waals surface area contributed by atoms with Gasteiger partial charge in [0.1, 0.15) is 11.9 Å². The molecule has 0 fully saturated rings. The van der Waals surface area contributed by atoms with Gasteiger partial charge in [0.05, 0.1) is 12.2 Å². The van der Waals surface area contributed by atoms with Crippen LogP contribution in [0.25, 0.3) is 11.0 Å². The van der Waals surface area contributed by atoms with Crippen molar-refractivity contribution >= 4 is 16.9 Å². The van der Waals surface area contributed by atoms with E-state index in [9.17, 15) is 0 Å². The Kier molecular flexibility index (Phi) is 2.94. The van der Waals surface area contributed by atoms with Crippen LogP contribution in [0.5, 0.6) is 0 Å². The lowest BCUT2D eigenvalue weighted by molar-refractivity contribution is 0.311. The van der Waals surface area contributed by atoms with E-state index in [1.54, 1.807) is 18.3 Å². The first kappa shape index (κ1) is 10.3. The number of anilines is 1. The van der Waals surface area contributed by atoms with E-state index in [4.69, 9.17) is 10.4 Å². The third kappa shape index (κ3) is 1.92. The van der Waals surface area contributed by atoms with Gasteiger partial charge in [0.25, 0.3) is 0 Å². The zero-order valence-electron chi connectivity index (χ0n) is 8.51. The van der Waals surface area contributed by atoms with Gasteiger partial charge in [-0.05, 0) is 18.2 Å². The first-order valence-corrected chi connectivity index (χ1v) is 4.86. The summed E-state index contributed by atoms with van der Waals surface area (Å²) in [5, 5.41) is 21.4. The summed E-state index contributed by atoms with van der Waals surface area (Å²) in [5.74, 6) is 0.461. The Hall–Kier alpha value is -2.19. The Bertz CT molecular complexity index is 547. The largest absolute Gasteiger partial charge is 0.395 e. The van der Waals surface area contributed by atoms with E-state index >= 15 is 0 Å². The Morgan fingerprint density at radius 2 is 2.38 bits per heavy atom. The Morgan fingerprint density at radius 1 is 1.50 bits per heavy atom. The van der Waals surface area contributed by atoms with Crippen molar-refractivity contribution in [3.63, 3.8) is 0 Å². The monoisotopic (exact) mass is 214 g/mol. The summed E-state index contributed by atoms with van der Waals surface area (Å²) >= 11 is 0. The number of aromatic nitrogens is 2. The average Bonchev–Trinajstić information content (AvgIpc) is 2.35. The molecule has 0 aliphatic carbocycles. The van der Waals surface area contributed by atoms with Crippen LogP contribution in [-0.2, 0) is 0 Å². The van der Waals surface area contributed by atoms with Gasteiger partial charge in [-0.1, -0.05) is 0 Å². The quantitative estimate of drug-likeness (QED) is 0.793. The second kappa shape index (κ2) is 4.55. The van der Waals surface area contributed by atoms with Crippen LogP contribution >= 0.6 is 0 Å². The normalized spacial score (nSPS) is 10.0. The van der Waals surface area contributed by atoms with Crippen molar-refractivity contribution in [1.29, 1.82) is 5.26 Å². The molecule has 2 heterocycles. The van der Waals surface area contributed by atoms with Crippen LogP contribution in [-0.4, -0.2) is 28.2 Å². The summed E-state index contributed by atoms with van der Waals surface area (Å²) in [6.07, 6.45) is 1.65. The van der Waals surface area contributed by atoms with Crippen LogP contribution in [0.1, 0.15) is 5.56 Å². The molecule has 16 heavy (non-hydrogen) atoms. The fourth-order valence-corrected chi connectivity index (χ4v) is 1.40. The van der Waals surface area contributed by atoms with E-state index in [1.165, 1.54) is 0 Å². The van der Waals surface area contributed by atoms with Gasteiger partial charge in [0.2, 0.25) is 0 Å². The second-order valence-electron chi connectivity index (χ2n) is 3.20.